The molecule has 0 aliphatic carbocycles. The van der Waals surface area contributed by atoms with Crippen molar-refractivity contribution in [3.63, 3.8) is 0 Å². The van der Waals surface area contributed by atoms with E-state index in [0.29, 0.717) is 20.3 Å². The number of hydrogen-bond acceptors (Lipinski definition) is 5. The number of nitrogen functional groups attached to an aromatic ring is 1. The summed E-state index contributed by atoms with van der Waals surface area (Å²) in [6.45, 7) is 0.244. The summed E-state index contributed by atoms with van der Waals surface area (Å²) >= 11 is 9.81. The van der Waals surface area contributed by atoms with Crippen molar-refractivity contribution in [2.75, 3.05) is 12.8 Å². The molecule has 7 heteroatoms. The number of nitrogens with zero attached hydrogens (tertiary/aromatic N) is 1. The van der Waals surface area contributed by atoms with Crippen molar-refractivity contribution in [2.45, 2.75) is 6.61 Å². The Kier molecular flexibility index (Phi) is 5.11. The van der Waals surface area contributed by atoms with Gasteiger partial charge in [-0.1, -0.05) is 57.9 Å². The molecule has 128 valence electrons. The van der Waals surface area contributed by atoms with E-state index >= 15 is 0 Å². The molecule has 0 fully saturated rings. The number of pyridine rings is 1. The van der Waals surface area contributed by atoms with Gasteiger partial charge in [0.05, 0.1) is 12.1 Å². The molecule has 0 atom stereocenters. The second kappa shape index (κ2) is 7.29. The molecule has 2 aromatic carbocycles. The third kappa shape index (κ3) is 3.41. The fraction of sp³-hybridized carbons (Fsp3) is 0.111. The molecule has 0 aliphatic heterocycles. The summed E-state index contributed by atoms with van der Waals surface area (Å²) in [5.41, 5.74) is 6.96. The first-order valence-electron chi connectivity index (χ1n) is 7.35. The number of ether oxygens (including phenoxy) is 2. The highest BCUT2D eigenvalue weighted by Crippen LogP contribution is 2.41. The summed E-state index contributed by atoms with van der Waals surface area (Å²) in [5, 5.41) is 1.50. The molecule has 3 rings (SSSR count). The summed E-state index contributed by atoms with van der Waals surface area (Å²) < 4.78 is 11.4. The Morgan fingerprint density at radius 3 is 2.60 bits per heavy atom. The Bertz CT molecular complexity index is 948. The maximum absolute atomic E-state index is 12.2. The highest BCUT2D eigenvalue weighted by Gasteiger charge is 2.23. The van der Waals surface area contributed by atoms with Crippen LogP contribution in [0.5, 0.6) is 5.75 Å². The molecule has 1 heterocycles. The van der Waals surface area contributed by atoms with Crippen LogP contribution in [0.15, 0.2) is 46.9 Å². The number of hydrogen-bond donors (Lipinski definition) is 1. The van der Waals surface area contributed by atoms with E-state index in [4.69, 9.17) is 26.8 Å². The number of anilines is 1. The Morgan fingerprint density at radius 1 is 1.20 bits per heavy atom. The van der Waals surface area contributed by atoms with E-state index in [1.54, 1.807) is 12.1 Å². The first kappa shape index (κ1) is 17.5. The standard InChI is InChI=1S/C18H14BrClN2O3/c1-24-18(23)15-16(25-9-10-5-3-2-4-6-10)14-12(20)8-7-11(19)13(14)17(21)22-15/h2-8H,9H2,1H3,(H2,21,22). The van der Waals surface area contributed by atoms with E-state index in [0.717, 1.165) is 5.56 Å². The molecule has 25 heavy (non-hydrogen) atoms. The van der Waals surface area contributed by atoms with Gasteiger partial charge in [0.1, 0.15) is 12.4 Å². The first-order valence-corrected chi connectivity index (χ1v) is 8.52. The normalized spacial score (nSPS) is 10.7. The van der Waals surface area contributed by atoms with E-state index in [1.165, 1.54) is 7.11 Å². The number of benzene rings is 2. The molecule has 0 unspecified atom stereocenters. The zero-order chi connectivity index (χ0) is 18.0. The Balaban J connectivity index is 2.20. The van der Waals surface area contributed by atoms with Crippen LogP contribution in [0.4, 0.5) is 5.82 Å². The highest BCUT2D eigenvalue weighted by atomic mass is 79.9. The van der Waals surface area contributed by atoms with Gasteiger partial charge in [0.25, 0.3) is 0 Å². The third-order valence-electron chi connectivity index (χ3n) is 3.64. The number of carbonyl (C=O) groups excluding carboxylic acids is 1. The Morgan fingerprint density at radius 2 is 1.92 bits per heavy atom. The molecule has 3 aromatic rings. The van der Waals surface area contributed by atoms with Crippen molar-refractivity contribution in [2.24, 2.45) is 0 Å². The SMILES string of the molecule is COC(=O)c1nc(N)c2c(Br)ccc(Cl)c2c1OCc1ccccc1. The van der Waals surface area contributed by atoms with Crippen molar-refractivity contribution in [1.29, 1.82) is 0 Å². The molecule has 0 spiro atoms. The lowest BCUT2D eigenvalue weighted by molar-refractivity contribution is 0.0589. The molecule has 0 saturated heterocycles. The van der Waals surface area contributed by atoms with Crippen LogP contribution in [0.3, 0.4) is 0 Å². The van der Waals surface area contributed by atoms with Crippen LogP contribution in [0.2, 0.25) is 5.02 Å². The minimum Gasteiger partial charge on any atom is -0.486 e. The number of nitrogens with two attached hydrogens (primary N) is 1. The van der Waals surface area contributed by atoms with E-state index in [2.05, 4.69) is 20.9 Å². The maximum Gasteiger partial charge on any atom is 0.360 e. The zero-order valence-electron chi connectivity index (χ0n) is 13.3. The van der Waals surface area contributed by atoms with Crippen LogP contribution in [0, 0.1) is 0 Å². The highest BCUT2D eigenvalue weighted by molar-refractivity contribution is 9.10. The first-order chi connectivity index (χ1) is 12.0. The molecule has 0 bridgehead atoms. The van der Waals surface area contributed by atoms with Gasteiger partial charge in [-0.2, -0.15) is 0 Å². The number of fused-ring (bicyclic) bond motifs is 1. The quantitative estimate of drug-likeness (QED) is 0.623. The number of methoxy groups -OCH3 is 1. The molecule has 0 radical (unpaired) electrons. The molecule has 0 amide bonds. The summed E-state index contributed by atoms with van der Waals surface area (Å²) in [6.07, 6.45) is 0. The molecule has 1 aromatic heterocycles. The molecule has 0 saturated carbocycles. The topological polar surface area (TPSA) is 74.4 Å². The van der Waals surface area contributed by atoms with Gasteiger partial charge in [-0.05, 0) is 17.7 Å². The van der Waals surface area contributed by atoms with Crippen molar-refractivity contribution in [1.82, 2.24) is 4.98 Å². The van der Waals surface area contributed by atoms with Gasteiger partial charge in [0.15, 0.2) is 11.4 Å². The largest absolute Gasteiger partial charge is 0.486 e. The molecular weight excluding hydrogens is 408 g/mol. The second-order valence-electron chi connectivity index (χ2n) is 5.22. The van der Waals surface area contributed by atoms with Crippen molar-refractivity contribution in [3.8, 4) is 5.75 Å². The van der Waals surface area contributed by atoms with Crippen LogP contribution in [0.25, 0.3) is 10.8 Å². The average molecular weight is 422 g/mol. The van der Waals surface area contributed by atoms with Gasteiger partial charge >= 0.3 is 5.97 Å². The summed E-state index contributed by atoms with van der Waals surface area (Å²) in [4.78, 5) is 16.3. The van der Waals surface area contributed by atoms with Gasteiger partial charge in [-0.15, -0.1) is 0 Å². The average Bonchev–Trinajstić information content (AvgIpc) is 2.63. The summed E-state index contributed by atoms with van der Waals surface area (Å²) in [5.74, 6) is -0.240. The zero-order valence-corrected chi connectivity index (χ0v) is 15.6. The fourth-order valence-corrected chi connectivity index (χ4v) is 3.25. The lowest BCUT2D eigenvalue weighted by Crippen LogP contribution is -2.11. The van der Waals surface area contributed by atoms with Gasteiger partial charge in [-0.25, -0.2) is 9.78 Å². The monoisotopic (exact) mass is 420 g/mol. The second-order valence-corrected chi connectivity index (χ2v) is 6.48. The van der Waals surface area contributed by atoms with E-state index in [1.807, 2.05) is 30.3 Å². The number of rotatable bonds is 4. The van der Waals surface area contributed by atoms with Crippen LogP contribution < -0.4 is 10.5 Å². The van der Waals surface area contributed by atoms with Gasteiger partial charge in [-0.3, -0.25) is 0 Å². The number of halogens is 2. The predicted octanol–water partition coefficient (Wildman–Crippen LogP) is 4.60. The van der Waals surface area contributed by atoms with Gasteiger partial charge in [0, 0.05) is 15.2 Å². The Labute approximate surface area is 157 Å². The van der Waals surface area contributed by atoms with Crippen LogP contribution in [-0.4, -0.2) is 18.1 Å². The Hall–Kier alpha value is -2.31. The van der Waals surface area contributed by atoms with Gasteiger partial charge < -0.3 is 15.2 Å². The van der Waals surface area contributed by atoms with Crippen molar-refractivity contribution < 1.29 is 14.3 Å². The number of aromatic nitrogens is 1. The lowest BCUT2D eigenvalue weighted by Gasteiger charge is -2.16. The van der Waals surface area contributed by atoms with E-state index < -0.39 is 5.97 Å². The van der Waals surface area contributed by atoms with E-state index in [9.17, 15) is 4.79 Å². The smallest absolute Gasteiger partial charge is 0.360 e. The third-order valence-corrected chi connectivity index (χ3v) is 4.61. The number of esters is 1. The van der Waals surface area contributed by atoms with Crippen LogP contribution in [-0.2, 0) is 11.3 Å². The lowest BCUT2D eigenvalue weighted by atomic mass is 10.1. The minimum atomic E-state index is -0.646. The van der Waals surface area contributed by atoms with Crippen LogP contribution >= 0.6 is 27.5 Å². The van der Waals surface area contributed by atoms with Crippen molar-refractivity contribution in [3.05, 3.63) is 63.2 Å². The van der Waals surface area contributed by atoms with Crippen LogP contribution in [0.1, 0.15) is 16.1 Å². The minimum absolute atomic E-state index is 0.0107. The molecule has 5 nitrogen and oxygen atoms in total. The van der Waals surface area contributed by atoms with E-state index in [-0.39, 0.29) is 23.9 Å². The fourth-order valence-electron chi connectivity index (χ4n) is 2.48. The molecular formula is C18H14BrClN2O3. The summed E-state index contributed by atoms with van der Waals surface area (Å²) in [7, 11) is 1.27. The molecule has 2 N–H and O–H groups in total. The predicted molar refractivity (Wildman–Crippen MR) is 101 cm³/mol. The maximum atomic E-state index is 12.2. The number of carbonyl (C=O) groups is 1. The summed E-state index contributed by atoms with van der Waals surface area (Å²) in [6, 6.07) is 13.0. The van der Waals surface area contributed by atoms with Crippen molar-refractivity contribution >= 4 is 50.1 Å². The van der Waals surface area contributed by atoms with Gasteiger partial charge in [0.2, 0.25) is 0 Å². The molecule has 0 aliphatic rings.